The quantitative estimate of drug-likeness (QED) is 0.0105. The smallest absolute Gasteiger partial charge is 0.123 e. The maximum atomic E-state index is 12.9. The van der Waals surface area contributed by atoms with Crippen molar-refractivity contribution < 1.29 is 9.13 Å². The Hall–Kier alpha value is -19.1. The van der Waals surface area contributed by atoms with E-state index in [1.54, 1.807) is 159 Å². The zero-order valence-electron chi connectivity index (χ0n) is 68.1. The Bertz CT molecular complexity index is 6580. The van der Waals surface area contributed by atoms with Crippen molar-refractivity contribution in [1.29, 1.82) is 27.0 Å². The number of ether oxygens (including phenoxy) is 1. The second-order valence-corrected chi connectivity index (χ2v) is 26.2. The van der Waals surface area contributed by atoms with Crippen LogP contribution in [-0.4, -0.2) is 41.3 Å². The van der Waals surface area contributed by atoms with Gasteiger partial charge in [0.25, 0.3) is 0 Å². The predicted molar refractivity (Wildman–Crippen MR) is 502 cm³/mol. The molecular weight excluding hydrogens is 1590 g/mol. The van der Waals surface area contributed by atoms with Crippen LogP contribution in [-0.2, 0) is 0 Å². The average Bonchev–Trinajstić information content (AvgIpc) is 0.918. The van der Waals surface area contributed by atoms with Crippen LogP contribution in [0.3, 0.4) is 0 Å². The molecule has 0 aliphatic rings. The number of nitrogens with one attached hydrogen (secondary N) is 10. The second kappa shape index (κ2) is 48.7. The van der Waals surface area contributed by atoms with E-state index in [1.807, 2.05) is 182 Å². The molecule has 0 saturated carbocycles. The van der Waals surface area contributed by atoms with Gasteiger partial charge in [0.2, 0.25) is 0 Å². The van der Waals surface area contributed by atoms with Crippen molar-refractivity contribution in [3.8, 4) is 65.5 Å². The fraction of sp³-hybridized carbons (Fsp3) is 0.0101. The van der Waals surface area contributed by atoms with Gasteiger partial charge >= 0.3 is 0 Å². The number of benzene rings is 13. The number of nitrogen functional groups attached to an aromatic ring is 5. The van der Waals surface area contributed by atoms with Crippen LogP contribution in [0.2, 0.25) is 0 Å². The summed E-state index contributed by atoms with van der Waals surface area (Å²) in [5.74, 6) is 27.8. The first kappa shape index (κ1) is 90.2. The molecule has 0 saturated heterocycles. The number of nitrogens with two attached hydrogens (primary N) is 5. The van der Waals surface area contributed by atoms with Crippen LogP contribution in [0.1, 0.15) is 78.0 Å². The molecule has 1 aromatic heterocycles. The van der Waals surface area contributed by atoms with Crippen LogP contribution < -0.4 is 60.5 Å². The summed E-state index contributed by atoms with van der Waals surface area (Å²) in [6.07, 6.45) is 7.09. The first-order valence-electron chi connectivity index (χ1n) is 38.3. The molecule has 14 rings (SSSR count). The van der Waals surface area contributed by atoms with E-state index in [0.29, 0.717) is 61.8 Å². The number of aromatic nitrogens is 1. The van der Waals surface area contributed by atoms with E-state index in [9.17, 15) is 4.39 Å². The van der Waals surface area contributed by atoms with Crippen LogP contribution in [0.4, 0.5) is 61.3 Å². The molecule has 14 aromatic rings. The molecule has 127 heavy (non-hydrogen) atoms. The largest absolute Gasteiger partial charge is 0.497 e. The number of amidine groups is 5. The molecule has 620 valence electrons. The molecule has 0 aliphatic carbocycles. The van der Waals surface area contributed by atoms with Crippen LogP contribution in [0.5, 0.6) is 5.75 Å². The third-order valence-corrected chi connectivity index (χ3v) is 16.9. The van der Waals surface area contributed by atoms with Crippen LogP contribution in [0.25, 0.3) is 0 Å². The Kier molecular flexibility index (Phi) is 34.6. The summed E-state index contributed by atoms with van der Waals surface area (Å²) in [4.78, 5) is 4.17. The number of anilines is 5. The van der Waals surface area contributed by atoms with Gasteiger partial charge in [-0.2, -0.15) is 0 Å². The SMILES string of the molecule is C#Cc1ccccc1N=NNc1ccc(C(=N)N)cc1.COc1ccc(C#Cc2cccc(NN=Nc3ccc(C(=N)N)cc3)c2)cc1.N=C(N)c1ccc(N=NNc2cccc(C#Cc3ccc(F)cc3)c2)cc1.N=C(N)c1ccc(N=NNc2cccc(C#Cc3ccccn3)c2)cc1.N=C(N)c1ccc(NN=Nc2ccccc2C#Cc2ccccc2)cc1. The number of hydrogen-bond acceptors (Lipinski definition) is 17. The van der Waals surface area contributed by atoms with Gasteiger partial charge in [-0.05, 0) is 279 Å². The lowest BCUT2D eigenvalue weighted by atomic mass is 10.1. The highest BCUT2D eigenvalue weighted by molar-refractivity contribution is 5.97. The predicted octanol–water partition coefficient (Wildman–Crippen LogP) is 20.5. The van der Waals surface area contributed by atoms with Gasteiger partial charge in [0.15, 0.2) is 0 Å². The lowest BCUT2D eigenvalue weighted by Gasteiger charge is -2.01. The highest BCUT2D eigenvalue weighted by Gasteiger charge is 2.06. The highest BCUT2D eigenvalue weighted by atomic mass is 19.1. The second-order valence-electron chi connectivity index (χ2n) is 26.2. The van der Waals surface area contributed by atoms with Gasteiger partial charge in [-0.3, -0.25) is 54.2 Å². The molecule has 0 amide bonds. The van der Waals surface area contributed by atoms with Gasteiger partial charge in [0, 0.05) is 67.4 Å². The Morgan fingerprint density at radius 1 is 0.307 bits per heavy atom. The molecule has 28 heteroatoms. The molecule has 0 aliphatic heterocycles. The van der Waals surface area contributed by atoms with E-state index in [4.69, 9.17) is 66.9 Å². The van der Waals surface area contributed by atoms with Crippen molar-refractivity contribution in [1.82, 2.24) is 4.98 Å². The zero-order valence-corrected chi connectivity index (χ0v) is 68.1. The average molecular weight is 1670 g/mol. The maximum absolute atomic E-state index is 12.9. The first-order chi connectivity index (χ1) is 61.9. The summed E-state index contributed by atoms with van der Waals surface area (Å²) in [5, 5.41) is 77.1. The fourth-order valence-corrected chi connectivity index (χ4v) is 10.3. The number of pyridine rings is 1. The molecule has 0 atom stereocenters. The molecule has 0 spiro atoms. The summed E-state index contributed by atoms with van der Waals surface area (Å²) in [6.45, 7) is 0. The topological polar surface area (TPSA) is 455 Å². The lowest BCUT2D eigenvalue weighted by molar-refractivity contribution is 0.415. The minimum absolute atomic E-state index is 0.00942. The van der Waals surface area contributed by atoms with Gasteiger partial charge in [0.05, 0.1) is 63.7 Å². The summed E-state index contributed by atoms with van der Waals surface area (Å²) in [7, 11) is 1.64. The Morgan fingerprint density at radius 3 is 1.01 bits per heavy atom. The zero-order chi connectivity index (χ0) is 89.6. The molecule has 0 fully saturated rings. The minimum atomic E-state index is -0.284. The fourth-order valence-electron chi connectivity index (χ4n) is 10.3. The molecule has 0 bridgehead atoms. The monoisotopic (exact) mass is 1670 g/mol. The molecule has 13 aromatic carbocycles. The van der Waals surface area contributed by atoms with Gasteiger partial charge in [-0.15, -0.1) is 32.0 Å². The van der Waals surface area contributed by atoms with E-state index in [2.05, 4.69) is 137 Å². The van der Waals surface area contributed by atoms with Crippen molar-refractivity contribution in [2.75, 3.05) is 34.2 Å². The van der Waals surface area contributed by atoms with E-state index in [-0.39, 0.29) is 35.0 Å². The number of halogens is 1. The molecular formula is C99H81FN26O. The van der Waals surface area contributed by atoms with Crippen molar-refractivity contribution in [3.63, 3.8) is 0 Å². The normalized spacial score (nSPS) is 10.2. The molecule has 0 radical (unpaired) electrons. The van der Waals surface area contributed by atoms with Crippen molar-refractivity contribution in [2.24, 2.45) is 80.4 Å². The summed E-state index contributed by atoms with van der Waals surface area (Å²) in [6, 6.07) is 101. The van der Waals surface area contributed by atoms with Gasteiger partial charge in [-0.25, -0.2) is 9.37 Å². The van der Waals surface area contributed by atoms with E-state index < -0.39 is 0 Å². The van der Waals surface area contributed by atoms with E-state index >= 15 is 0 Å². The van der Waals surface area contributed by atoms with Crippen molar-refractivity contribution in [2.45, 2.75) is 0 Å². The highest BCUT2D eigenvalue weighted by Crippen LogP contribution is 2.24. The molecule has 20 N–H and O–H groups in total. The standard InChI is InChI=1S/C22H19N5O.C21H16FN5.C21H17N5.C20H16N6.C15H13N5/c1-28-21-13-7-16(8-14-21)5-6-17-3-2-4-20(15-17)26-27-25-19-11-9-18(10-12-19)22(23)24;22-18-10-6-15(7-11-18)4-5-16-2-1-3-20(14-16)26-27-25-19-12-8-17(9-13-19)21(23)24;22-21(23)18-12-14-19(15-13-18)24-26-25-20-9-5-4-8-17(20)11-10-16-6-2-1-3-7-16;21-20(22)16-8-11-18(12-9-16)24-26-25-19-6-3-4-15(14-19)7-10-17-5-1-2-13-23-17;1-2-11-5-3-4-6-14(11)19-20-18-13-9-7-12(8-10-13)15(16)17/h2-4,7-15H,1H3,(H3,23,24)(H,25,26);1-3,6-14H,(H3,23,24)(H,25,26);1-9,12-15H,(H3,22,23)(H,24,25);1-6,8-9,11-14H,(H3,21,22)(H,24,25);1,3-10H,(H3,16,17)(H,18,19). The summed E-state index contributed by atoms with van der Waals surface area (Å²) in [5.41, 5.74) is 59.0. The van der Waals surface area contributed by atoms with Crippen LogP contribution in [0.15, 0.2) is 398 Å². The van der Waals surface area contributed by atoms with Crippen LogP contribution >= 0.6 is 0 Å². The van der Waals surface area contributed by atoms with Gasteiger partial charge in [0.1, 0.15) is 57.8 Å². The molecule has 0 unspecified atom stereocenters. The van der Waals surface area contributed by atoms with Crippen LogP contribution in [0, 0.1) is 92.6 Å². The van der Waals surface area contributed by atoms with Crippen molar-refractivity contribution >= 4 is 86.1 Å². The van der Waals surface area contributed by atoms with E-state index in [0.717, 1.165) is 78.8 Å². The number of rotatable bonds is 21. The van der Waals surface area contributed by atoms with E-state index in [1.165, 1.54) is 12.1 Å². The summed E-state index contributed by atoms with van der Waals surface area (Å²) >= 11 is 0. The number of hydrogen-bond donors (Lipinski definition) is 15. The molecule has 1 heterocycles. The Morgan fingerprint density at radius 2 is 0.622 bits per heavy atom. The van der Waals surface area contributed by atoms with Gasteiger partial charge < -0.3 is 33.4 Å². The third-order valence-electron chi connectivity index (χ3n) is 16.9. The Balaban J connectivity index is 0.000000166. The first-order valence-corrected chi connectivity index (χ1v) is 38.3. The lowest BCUT2D eigenvalue weighted by Crippen LogP contribution is -2.10. The number of methoxy groups -OCH3 is 1. The number of terminal acetylenes is 1. The number of nitrogens with zero attached hydrogens (tertiary/aromatic N) is 11. The minimum Gasteiger partial charge on any atom is -0.497 e. The third kappa shape index (κ3) is 31.6. The van der Waals surface area contributed by atoms with Gasteiger partial charge in [-0.1, -0.05) is 140 Å². The molecule has 27 nitrogen and oxygen atoms in total. The summed E-state index contributed by atoms with van der Waals surface area (Å²) < 4.78 is 18.1. The van der Waals surface area contributed by atoms with Crippen molar-refractivity contribution in [3.05, 3.63) is 430 Å². The Labute approximate surface area is 732 Å². The maximum Gasteiger partial charge on any atom is 0.123 e.